The van der Waals surface area contributed by atoms with Crippen LogP contribution in [0, 0.1) is 31.6 Å². The number of hydrogen-bond donors (Lipinski definition) is 4. The van der Waals surface area contributed by atoms with Gasteiger partial charge < -0.3 is 39.9 Å². The molecule has 0 saturated carbocycles. The van der Waals surface area contributed by atoms with Crippen molar-refractivity contribution in [1.29, 1.82) is 0 Å². The standard InChI is InChI=1S/C38H46N8O5.C3H8.C2H6O.2C2H2/c1-5-16-45(37(49)34(23(2)3)44-38(50)51-4)21-32-40-19-30(41-32)25-10-8-24(9-11-25)26-12-14-28-27(18-26)13-15-29-35(28)43-36(42-29)31-7-6-17-46(31)33(48)20-39-22-47;2*1-3-2;2*1-2/h8-12,14,18-19,22-23,31,34H,5-7,13,15-17,20-21H2,1-4H3,(H,39,47)(H,40,41)(H,42,43)(H,44,50);3H2,1-2H3;1-2H3;2*1-2H/t31-,34?;;;;/m0..../s1. The Kier molecular flexibility index (Phi) is 22.2. The summed E-state index contributed by atoms with van der Waals surface area (Å²) in [5.74, 6) is 1.09. The zero-order chi connectivity index (χ0) is 45.5. The van der Waals surface area contributed by atoms with Gasteiger partial charge >= 0.3 is 6.09 Å². The summed E-state index contributed by atoms with van der Waals surface area (Å²) in [6, 6.07) is 14.0. The lowest BCUT2D eigenvalue weighted by atomic mass is 9.89. The quantitative estimate of drug-likeness (QED) is 0.0828. The molecule has 1 saturated heterocycles. The molecule has 4 N–H and O–H groups in total. The van der Waals surface area contributed by atoms with Gasteiger partial charge in [0.1, 0.15) is 17.7 Å². The minimum absolute atomic E-state index is 0.00618. The highest BCUT2D eigenvalue weighted by Gasteiger charge is 2.34. The first-order valence-electron chi connectivity index (χ1n) is 20.6. The number of aryl methyl sites for hydroxylation is 2. The Labute approximate surface area is 362 Å². The van der Waals surface area contributed by atoms with Crippen LogP contribution < -0.4 is 10.6 Å². The Morgan fingerprint density at radius 3 is 2.21 bits per heavy atom. The van der Waals surface area contributed by atoms with Crippen molar-refractivity contribution < 1.29 is 28.7 Å². The maximum absolute atomic E-state index is 13.4. The molecule has 61 heavy (non-hydrogen) atoms. The van der Waals surface area contributed by atoms with E-state index in [0.29, 0.717) is 31.9 Å². The van der Waals surface area contributed by atoms with Crippen LogP contribution in [0.1, 0.15) is 89.3 Å². The zero-order valence-corrected chi connectivity index (χ0v) is 37.0. The van der Waals surface area contributed by atoms with Gasteiger partial charge in [-0.1, -0.05) is 83.5 Å². The second-order valence-corrected chi connectivity index (χ2v) is 14.6. The average molecular weight is 837 g/mol. The number of aromatic amines is 2. The van der Waals surface area contributed by atoms with Crippen molar-refractivity contribution in [1.82, 2.24) is 40.4 Å². The number of terminal acetylenes is 2. The van der Waals surface area contributed by atoms with Gasteiger partial charge in [-0.05, 0) is 60.3 Å². The molecule has 1 unspecified atom stereocenters. The van der Waals surface area contributed by atoms with Crippen molar-refractivity contribution >= 4 is 24.3 Å². The summed E-state index contributed by atoms with van der Waals surface area (Å²) >= 11 is 0. The molecule has 6 rings (SSSR count). The first-order valence-corrected chi connectivity index (χ1v) is 20.6. The molecule has 1 fully saturated rings. The third-order valence-corrected chi connectivity index (χ3v) is 9.72. The monoisotopic (exact) mass is 836 g/mol. The number of nitrogens with zero attached hydrogens (tertiary/aromatic N) is 4. The molecule has 2 aromatic carbocycles. The predicted octanol–water partition coefficient (Wildman–Crippen LogP) is 6.94. The summed E-state index contributed by atoms with van der Waals surface area (Å²) in [5.41, 5.74) is 8.44. The molecular weight excluding hydrogens is 773 g/mol. The first-order chi connectivity index (χ1) is 29.5. The number of rotatable bonds is 13. The number of amides is 4. The second-order valence-electron chi connectivity index (χ2n) is 14.6. The van der Waals surface area contributed by atoms with E-state index in [2.05, 4.69) is 112 Å². The molecule has 0 radical (unpaired) electrons. The summed E-state index contributed by atoms with van der Waals surface area (Å²) < 4.78 is 8.99. The summed E-state index contributed by atoms with van der Waals surface area (Å²) in [6.07, 6.45) is 23.2. The number of likely N-dealkylation sites (tertiary alicyclic amines) is 1. The van der Waals surface area contributed by atoms with Crippen LogP contribution in [-0.2, 0) is 43.2 Å². The van der Waals surface area contributed by atoms with Crippen molar-refractivity contribution in [2.24, 2.45) is 5.92 Å². The van der Waals surface area contributed by atoms with E-state index in [1.54, 1.807) is 25.3 Å². The molecule has 1 aliphatic carbocycles. The fraction of sp³-hybridized carbons (Fsp3) is 0.447. The summed E-state index contributed by atoms with van der Waals surface area (Å²) in [7, 11) is 4.53. The number of carbonyl (C=O) groups is 4. The minimum atomic E-state index is -0.702. The van der Waals surface area contributed by atoms with Crippen LogP contribution in [0.3, 0.4) is 0 Å². The Bertz CT molecular complexity index is 2010. The molecule has 0 bridgehead atoms. The molecule has 2 aliphatic rings. The zero-order valence-electron chi connectivity index (χ0n) is 37.0. The van der Waals surface area contributed by atoms with E-state index >= 15 is 0 Å². The highest BCUT2D eigenvalue weighted by Crippen LogP contribution is 2.38. The van der Waals surface area contributed by atoms with Crippen LogP contribution in [0.2, 0.25) is 0 Å². The van der Waals surface area contributed by atoms with Gasteiger partial charge in [0, 0.05) is 38.6 Å². The smallest absolute Gasteiger partial charge is 0.407 e. The molecule has 1 aliphatic heterocycles. The molecule has 14 heteroatoms. The highest BCUT2D eigenvalue weighted by molar-refractivity contribution is 5.86. The van der Waals surface area contributed by atoms with Gasteiger partial charge in [-0.3, -0.25) is 14.4 Å². The van der Waals surface area contributed by atoms with Gasteiger partial charge in [0.15, 0.2) is 0 Å². The Morgan fingerprint density at radius 2 is 1.61 bits per heavy atom. The van der Waals surface area contributed by atoms with Gasteiger partial charge in [0.2, 0.25) is 18.2 Å². The molecular formula is C47H64N8O6. The van der Waals surface area contributed by atoms with Gasteiger partial charge in [0.05, 0.1) is 43.8 Å². The lowest BCUT2D eigenvalue weighted by Crippen LogP contribution is -2.51. The predicted molar refractivity (Wildman–Crippen MR) is 241 cm³/mol. The van der Waals surface area contributed by atoms with Crippen LogP contribution in [0.15, 0.2) is 48.7 Å². The number of H-pyrrole nitrogens is 2. The third kappa shape index (κ3) is 13.8. The van der Waals surface area contributed by atoms with Gasteiger partial charge in [-0.25, -0.2) is 14.8 Å². The number of methoxy groups -OCH3 is 2. The van der Waals surface area contributed by atoms with Crippen molar-refractivity contribution in [3.8, 4) is 59.3 Å². The molecule has 2 atom stereocenters. The molecule has 0 spiro atoms. The van der Waals surface area contributed by atoms with Gasteiger partial charge in [-0.15, -0.1) is 25.7 Å². The van der Waals surface area contributed by atoms with Gasteiger partial charge in [-0.2, -0.15) is 0 Å². The van der Waals surface area contributed by atoms with Crippen LogP contribution in [0.4, 0.5) is 4.79 Å². The number of alkyl carbamates (subject to hydrolysis) is 1. The van der Waals surface area contributed by atoms with E-state index in [1.807, 2.05) is 25.7 Å². The van der Waals surface area contributed by atoms with Gasteiger partial charge in [0.25, 0.3) is 0 Å². The number of benzene rings is 2. The second kappa shape index (κ2) is 26.7. The number of hydrogen-bond acceptors (Lipinski definition) is 8. The van der Waals surface area contributed by atoms with Crippen LogP contribution in [0.5, 0.6) is 0 Å². The largest absolute Gasteiger partial charge is 0.453 e. The maximum atomic E-state index is 13.4. The van der Waals surface area contributed by atoms with Crippen LogP contribution in [-0.4, -0.2) is 101 Å². The normalized spacial score (nSPS) is 13.7. The fourth-order valence-electron chi connectivity index (χ4n) is 7.09. The maximum Gasteiger partial charge on any atom is 0.407 e. The van der Waals surface area contributed by atoms with E-state index in [9.17, 15) is 19.2 Å². The lowest BCUT2D eigenvalue weighted by molar-refractivity contribution is -0.135. The van der Waals surface area contributed by atoms with Crippen LogP contribution >= 0.6 is 0 Å². The van der Waals surface area contributed by atoms with Crippen LogP contribution in [0.25, 0.3) is 33.6 Å². The van der Waals surface area contributed by atoms with Crippen molar-refractivity contribution in [2.45, 2.75) is 91.8 Å². The number of nitrogens with one attached hydrogen (secondary N) is 4. The summed E-state index contributed by atoms with van der Waals surface area (Å²) in [6.45, 7) is 11.5. The fourth-order valence-corrected chi connectivity index (χ4v) is 7.09. The number of aromatic nitrogens is 4. The van der Waals surface area contributed by atoms with E-state index in [0.717, 1.165) is 77.3 Å². The molecule has 4 amide bonds. The van der Waals surface area contributed by atoms with E-state index in [1.165, 1.54) is 19.1 Å². The number of carbonyl (C=O) groups excluding carboxylic acids is 4. The molecule has 3 heterocycles. The Balaban J connectivity index is 0.00000118. The Morgan fingerprint density at radius 1 is 0.967 bits per heavy atom. The number of ether oxygens (including phenoxy) is 2. The number of imidazole rings is 2. The molecule has 328 valence electrons. The SMILES string of the molecule is C#C.C#C.CCC.CCCN(Cc1ncc(-c2ccc(-c3ccc4c(c3)CCc3[nH]c([C@@H]5CCCN5C(=O)CNC=O)nc3-4)cc2)[nH]1)C(=O)C(NC(=O)OC)C(C)C.COC. The van der Waals surface area contributed by atoms with Crippen molar-refractivity contribution in [2.75, 3.05) is 41.0 Å². The van der Waals surface area contributed by atoms with E-state index in [4.69, 9.17) is 9.72 Å². The van der Waals surface area contributed by atoms with Crippen molar-refractivity contribution in [3.05, 3.63) is 71.6 Å². The number of fused-ring (bicyclic) bond motifs is 3. The topological polar surface area (TPSA) is 175 Å². The molecule has 14 nitrogen and oxygen atoms in total. The molecule has 2 aromatic heterocycles. The highest BCUT2D eigenvalue weighted by atomic mass is 16.5. The lowest BCUT2D eigenvalue weighted by Gasteiger charge is -2.28. The third-order valence-electron chi connectivity index (χ3n) is 9.72. The molecule has 4 aromatic rings. The van der Waals surface area contributed by atoms with E-state index in [-0.39, 0.29) is 30.3 Å². The van der Waals surface area contributed by atoms with E-state index < -0.39 is 12.1 Å². The Hall–Kier alpha value is -6.38. The first kappa shape index (κ1) is 50.8. The average Bonchev–Trinajstić information content (AvgIpc) is 4.07. The van der Waals surface area contributed by atoms with Crippen molar-refractivity contribution in [3.63, 3.8) is 0 Å². The minimum Gasteiger partial charge on any atom is -0.453 e. The summed E-state index contributed by atoms with van der Waals surface area (Å²) in [5, 5.41) is 5.16. The summed E-state index contributed by atoms with van der Waals surface area (Å²) in [4.78, 5) is 68.8.